The van der Waals surface area contributed by atoms with Crippen LogP contribution in [0.4, 0.5) is 5.82 Å². The fraction of sp³-hybridized carbons (Fsp3) is 0.125. The number of pyridine rings is 2. The van der Waals surface area contributed by atoms with Crippen LogP contribution in [-0.4, -0.2) is 17.0 Å². The maximum atomic E-state index is 6.00. The number of benzene rings is 1. The lowest BCUT2D eigenvalue weighted by molar-refractivity contribution is 0.670. The van der Waals surface area contributed by atoms with E-state index in [1.54, 1.807) is 6.20 Å². The summed E-state index contributed by atoms with van der Waals surface area (Å²) in [4.78, 5) is 8.93. The molecule has 0 radical (unpaired) electrons. The van der Waals surface area contributed by atoms with Crippen molar-refractivity contribution in [2.45, 2.75) is 6.04 Å². The van der Waals surface area contributed by atoms with Crippen LogP contribution in [0.15, 0.2) is 53.1 Å². The highest BCUT2D eigenvalue weighted by molar-refractivity contribution is 9.10. The Bertz CT molecular complexity index is 788. The van der Waals surface area contributed by atoms with E-state index in [9.17, 15) is 0 Å². The minimum Gasteiger partial charge on any atom is -0.383 e. The van der Waals surface area contributed by atoms with Crippen molar-refractivity contribution in [3.05, 3.63) is 64.4 Å². The van der Waals surface area contributed by atoms with E-state index in [2.05, 4.69) is 32.3 Å². The zero-order valence-electron chi connectivity index (χ0n) is 11.5. The number of anilines is 1. The molecule has 0 spiro atoms. The number of hydrogen-bond donors (Lipinski definition) is 2. The minimum absolute atomic E-state index is 0.113. The van der Waals surface area contributed by atoms with Crippen LogP contribution in [0, 0.1) is 0 Å². The lowest BCUT2D eigenvalue weighted by Gasteiger charge is -2.19. The van der Waals surface area contributed by atoms with Gasteiger partial charge in [0.15, 0.2) is 0 Å². The summed E-state index contributed by atoms with van der Waals surface area (Å²) in [5.74, 6) is 0.513. The van der Waals surface area contributed by atoms with E-state index in [4.69, 9.17) is 10.7 Å². The molecule has 0 aliphatic carbocycles. The quantitative estimate of drug-likeness (QED) is 0.766. The van der Waals surface area contributed by atoms with E-state index < -0.39 is 0 Å². The van der Waals surface area contributed by atoms with Crippen LogP contribution >= 0.6 is 15.9 Å². The van der Waals surface area contributed by atoms with Gasteiger partial charge in [0.2, 0.25) is 0 Å². The van der Waals surface area contributed by atoms with Gasteiger partial charge in [-0.1, -0.05) is 24.3 Å². The lowest BCUT2D eigenvalue weighted by Crippen LogP contribution is -2.21. The second kappa shape index (κ2) is 5.79. The number of nitrogens with one attached hydrogen (secondary N) is 1. The number of hydrogen-bond acceptors (Lipinski definition) is 4. The first kappa shape index (κ1) is 14.0. The number of nitrogens with zero attached hydrogens (tertiary/aromatic N) is 2. The Morgan fingerprint density at radius 1 is 1.19 bits per heavy atom. The number of fused-ring (bicyclic) bond motifs is 1. The molecule has 3 aromatic rings. The number of nitrogen functional groups attached to an aromatic ring is 1. The van der Waals surface area contributed by atoms with Crippen LogP contribution in [0.1, 0.15) is 17.3 Å². The molecule has 0 aliphatic rings. The van der Waals surface area contributed by atoms with Crippen LogP contribution in [0.25, 0.3) is 10.9 Å². The third kappa shape index (κ3) is 2.62. The molecular weight excluding hydrogens is 328 g/mol. The molecule has 1 unspecified atom stereocenters. The maximum Gasteiger partial charge on any atom is 0.128 e. The van der Waals surface area contributed by atoms with E-state index in [0.29, 0.717) is 5.82 Å². The zero-order chi connectivity index (χ0) is 14.8. The summed E-state index contributed by atoms with van der Waals surface area (Å²) in [6, 6.07) is 13.9. The molecule has 106 valence electrons. The summed E-state index contributed by atoms with van der Waals surface area (Å²) in [6.07, 6.45) is 1.69. The van der Waals surface area contributed by atoms with Gasteiger partial charge in [0.1, 0.15) is 5.82 Å². The van der Waals surface area contributed by atoms with Crippen molar-refractivity contribution in [3.8, 4) is 0 Å². The van der Waals surface area contributed by atoms with Gasteiger partial charge in [0.05, 0.1) is 17.3 Å². The third-order valence-electron chi connectivity index (χ3n) is 3.45. The lowest BCUT2D eigenvalue weighted by atomic mass is 10.0. The molecule has 1 atom stereocenters. The predicted molar refractivity (Wildman–Crippen MR) is 89.0 cm³/mol. The number of rotatable bonds is 3. The molecule has 0 saturated heterocycles. The molecule has 4 nitrogen and oxygen atoms in total. The predicted octanol–water partition coefficient (Wildman–Crippen LogP) is 3.28. The SMILES string of the molecule is CNC(c1cccnc1N)c1nc2ccccc2cc1Br. The second-order valence-electron chi connectivity index (χ2n) is 4.75. The Morgan fingerprint density at radius 3 is 2.76 bits per heavy atom. The summed E-state index contributed by atoms with van der Waals surface area (Å²) in [5, 5.41) is 4.37. The monoisotopic (exact) mass is 342 g/mol. The molecule has 1 aromatic carbocycles. The second-order valence-corrected chi connectivity index (χ2v) is 5.60. The van der Waals surface area contributed by atoms with Gasteiger partial charge in [-0.2, -0.15) is 0 Å². The average molecular weight is 343 g/mol. The molecule has 2 aromatic heterocycles. The molecular formula is C16H15BrN4. The van der Waals surface area contributed by atoms with Crippen LogP contribution < -0.4 is 11.1 Å². The van der Waals surface area contributed by atoms with Gasteiger partial charge in [0, 0.05) is 21.6 Å². The van der Waals surface area contributed by atoms with Gasteiger partial charge in [-0.05, 0) is 41.2 Å². The summed E-state index contributed by atoms with van der Waals surface area (Å²) in [7, 11) is 1.89. The standard InChI is InChI=1S/C16H15BrN4/c1-19-14(11-6-4-8-20-16(11)18)15-12(17)9-10-5-2-3-7-13(10)21-15/h2-9,14,19H,1H3,(H2,18,20). The summed E-state index contributed by atoms with van der Waals surface area (Å²) in [5.41, 5.74) is 8.78. The van der Waals surface area contributed by atoms with Crippen molar-refractivity contribution in [3.63, 3.8) is 0 Å². The molecule has 21 heavy (non-hydrogen) atoms. The summed E-state index contributed by atoms with van der Waals surface area (Å²) < 4.78 is 0.948. The molecule has 5 heteroatoms. The smallest absolute Gasteiger partial charge is 0.128 e. The minimum atomic E-state index is -0.113. The zero-order valence-corrected chi connectivity index (χ0v) is 13.1. The Kier molecular flexibility index (Phi) is 3.86. The van der Waals surface area contributed by atoms with Gasteiger partial charge in [-0.3, -0.25) is 0 Å². The highest BCUT2D eigenvalue weighted by atomic mass is 79.9. The van der Waals surface area contributed by atoms with Crippen molar-refractivity contribution in [2.75, 3.05) is 12.8 Å². The molecule has 0 aliphatic heterocycles. The summed E-state index contributed by atoms with van der Waals surface area (Å²) in [6.45, 7) is 0. The molecule has 0 fully saturated rings. The third-order valence-corrected chi connectivity index (χ3v) is 4.08. The molecule has 2 heterocycles. The van der Waals surface area contributed by atoms with Gasteiger partial charge in [-0.15, -0.1) is 0 Å². The number of halogens is 1. The number of aromatic nitrogens is 2. The van der Waals surface area contributed by atoms with E-state index >= 15 is 0 Å². The van der Waals surface area contributed by atoms with Crippen LogP contribution in [0.2, 0.25) is 0 Å². The van der Waals surface area contributed by atoms with Gasteiger partial charge in [-0.25, -0.2) is 9.97 Å². The fourth-order valence-electron chi connectivity index (χ4n) is 2.42. The first-order chi connectivity index (χ1) is 10.2. The first-order valence-electron chi connectivity index (χ1n) is 6.63. The number of nitrogens with two attached hydrogens (primary N) is 1. The Hall–Kier alpha value is -1.98. The van der Waals surface area contributed by atoms with Crippen molar-refractivity contribution in [1.29, 1.82) is 0 Å². The average Bonchev–Trinajstić information content (AvgIpc) is 2.50. The van der Waals surface area contributed by atoms with Gasteiger partial charge < -0.3 is 11.1 Å². The highest BCUT2D eigenvalue weighted by Crippen LogP contribution is 2.31. The van der Waals surface area contributed by atoms with E-state index in [0.717, 1.165) is 26.6 Å². The van der Waals surface area contributed by atoms with Crippen LogP contribution in [0.3, 0.4) is 0 Å². The summed E-state index contributed by atoms with van der Waals surface area (Å²) >= 11 is 3.62. The molecule has 3 rings (SSSR count). The van der Waals surface area contributed by atoms with Crippen LogP contribution in [0.5, 0.6) is 0 Å². The number of para-hydroxylation sites is 1. The Balaban J connectivity index is 2.17. The van der Waals surface area contributed by atoms with E-state index in [1.807, 2.05) is 43.4 Å². The largest absolute Gasteiger partial charge is 0.383 e. The first-order valence-corrected chi connectivity index (χ1v) is 7.43. The topological polar surface area (TPSA) is 63.8 Å². The molecule has 0 amide bonds. The molecule has 0 bridgehead atoms. The normalized spacial score (nSPS) is 12.5. The highest BCUT2D eigenvalue weighted by Gasteiger charge is 2.20. The maximum absolute atomic E-state index is 6.00. The Labute approximate surface area is 131 Å². The molecule has 3 N–H and O–H groups in total. The van der Waals surface area contributed by atoms with Crippen molar-refractivity contribution >= 4 is 32.7 Å². The van der Waals surface area contributed by atoms with Crippen molar-refractivity contribution in [1.82, 2.24) is 15.3 Å². The van der Waals surface area contributed by atoms with Crippen molar-refractivity contribution in [2.24, 2.45) is 0 Å². The van der Waals surface area contributed by atoms with E-state index in [-0.39, 0.29) is 6.04 Å². The van der Waals surface area contributed by atoms with Crippen LogP contribution in [-0.2, 0) is 0 Å². The fourth-order valence-corrected chi connectivity index (χ4v) is 2.99. The van der Waals surface area contributed by atoms with E-state index in [1.165, 1.54) is 0 Å². The van der Waals surface area contributed by atoms with Crippen molar-refractivity contribution < 1.29 is 0 Å². The van der Waals surface area contributed by atoms with Gasteiger partial charge >= 0.3 is 0 Å². The Morgan fingerprint density at radius 2 is 2.00 bits per heavy atom. The van der Waals surface area contributed by atoms with Gasteiger partial charge in [0.25, 0.3) is 0 Å². The molecule has 0 saturated carbocycles.